The lowest BCUT2D eigenvalue weighted by molar-refractivity contribution is -0.121. The Morgan fingerprint density at radius 1 is 1.71 bits per heavy atom. The molecule has 5 nitrogen and oxygen atoms in total. The van der Waals surface area contributed by atoms with Crippen LogP contribution in [0.1, 0.15) is 19.0 Å². The van der Waals surface area contributed by atoms with E-state index in [1.807, 2.05) is 11.5 Å². The average Bonchev–Trinajstić information content (AvgIpc) is 2.62. The minimum absolute atomic E-state index is 0.0594. The summed E-state index contributed by atoms with van der Waals surface area (Å²) < 4.78 is 1.90. The third-order valence-electron chi connectivity index (χ3n) is 1.96. The lowest BCUT2D eigenvalue weighted by atomic mass is 10.3. The lowest BCUT2D eigenvalue weighted by Crippen LogP contribution is -2.24. The highest BCUT2D eigenvalue weighted by molar-refractivity contribution is 5.75. The molecule has 1 aromatic rings. The number of amides is 1. The van der Waals surface area contributed by atoms with Crippen molar-refractivity contribution in [3.63, 3.8) is 0 Å². The van der Waals surface area contributed by atoms with E-state index in [0.29, 0.717) is 26.1 Å². The van der Waals surface area contributed by atoms with E-state index in [4.69, 9.17) is 5.73 Å². The first kappa shape index (κ1) is 10.7. The van der Waals surface area contributed by atoms with Gasteiger partial charge in [-0.05, 0) is 6.92 Å². The Hall–Kier alpha value is -1.36. The largest absolute Gasteiger partial charge is 0.356 e. The van der Waals surface area contributed by atoms with Crippen molar-refractivity contribution in [2.24, 2.45) is 5.73 Å². The van der Waals surface area contributed by atoms with Crippen LogP contribution in [-0.2, 0) is 17.9 Å². The molecule has 0 spiro atoms. The predicted octanol–water partition coefficient (Wildman–Crippen LogP) is -0.132. The first-order valence-electron chi connectivity index (χ1n) is 4.73. The highest BCUT2D eigenvalue weighted by atomic mass is 16.1. The van der Waals surface area contributed by atoms with Crippen LogP contribution in [0.25, 0.3) is 0 Å². The molecule has 0 fully saturated rings. The molecular weight excluding hydrogens is 180 g/mol. The first-order chi connectivity index (χ1) is 6.77. The second kappa shape index (κ2) is 5.39. The van der Waals surface area contributed by atoms with E-state index < -0.39 is 0 Å². The fourth-order valence-corrected chi connectivity index (χ4v) is 1.23. The quantitative estimate of drug-likeness (QED) is 0.689. The van der Waals surface area contributed by atoms with Crippen LogP contribution in [0.15, 0.2) is 12.5 Å². The predicted molar refractivity (Wildman–Crippen MR) is 53.4 cm³/mol. The lowest BCUT2D eigenvalue weighted by Gasteiger charge is -2.06. The summed E-state index contributed by atoms with van der Waals surface area (Å²) in [5.41, 5.74) is 6.45. The number of nitrogens with two attached hydrogens (primary N) is 1. The molecule has 0 aliphatic carbocycles. The topological polar surface area (TPSA) is 72.9 Å². The number of carbonyl (C=O) groups excluding carboxylic acids is 1. The number of hydrogen-bond donors (Lipinski definition) is 2. The summed E-state index contributed by atoms with van der Waals surface area (Å²) in [6.45, 7) is 3.67. The molecule has 1 rings (SSSR count). The summed E-state index contributed by atoms with van der Waals surface area (Å²) in [6, 6.07) is 0. The SMILES string of the molecule is CCNC(=O)CCn1cncc1CN. The molecule has 0 saturated heterocycles. The van der Waals surface area contributed by atoms with E-state index in [-0.39, 0.29) is 5.91 Å². The number of aromatic nitrogens is 2. The maximum atomic E-state index is 11.2. The van der Waals surface area contributed by atoms with Crippen molar-refractivity contribution in [1.82, 2.24) is 14.9 Å². The van der Waals surface area contributed by atoms with Crippen LogP contribution in [0, 0.1) is 0 Å². The Morgan fingerprint density at radius 3 is 3.14 bits per heavy atom. The molecule has 0 radical (unpaired) electrons. The van der Waals surface area contributed by atoms with Gasteiger partial charge < -0.3 is 15.6 Å². The fraction of sp³-hybridized carbons (Fsp3) is 0.556. The van der Waals surface area contributed by atoms with Gasteiger partial charge in [0.2, 0.25) is 5.91 Å². The summed E-state index contributed by atoms with van der Waals surface area (Å²) in [4.78, 5) is 15.1. The van der Waals surface area contributed by atoms with Crippen LogP contribution in [0.5, 0.6) is 0 Å². The number of carbonyl (C=O) groups is 1. The second-order valence-corrected chi connectivity index (χ2v) is 2.99. The van der Waals surface area contributed by atoms with E-state index >= 15 is 0 Å². The van der Waals surface area contributed by atoms with E-state index in [1.165, 1.54) is 0 Å². The van der Waals surface area contributed by atoms with Gasteiger partial charge in [0.05, 0.1) is 12.0 Å². The molecule has 0 saturated carbocycles. The third-order valence-corrected chi connectivity index (χ3v) is 1.96. The molecule has 0 aliphatic rings. The van der Waals surface area contributed by atoms with Crippen molar-refractivity contribution in [3.05, 3.63) is 18.2 Å². The van der Waals surface area contributed by atoms with Crippen LogP contribution in [0.3, 0.4) is 0 Å². The van der Waals surface area contributed by atoms with E-state index in [2.05, 4.69) is 10.3 Å². The number of nitrogens with one attached hydrogen (secondary N) is 1. The van der Waals surface area contributed by atoms with Crippen LogP contribution in [0.2, 0.25) is 0 Å². The Bertz CT molecular complexity index is 295. The standard InChI is InChI=1S/C9H16N4O/c1-2-12-9(14)3-4-13-7-11-6-8(13)5-10/h6-7H,2-5,10H2,1H3,(H,12,14). The zero-order valence-corrected chi connectivity index (χ0v) is 8.36. The van der Waals surface area contributed by atoms with Crippen molar-refractivity contribution in [2.45, 2.75) is 26.4 Å². The van der Waals surface area contributed by atoms with Gasteiger partial charge in [-0.25, -0.2) is 4.98 Å². The first-order valence-corrected chi connectivity index (χ1v) is 4.73. The molecule has 1 aromatic heterocycles. The van der Waals surface area contributed by atoms with Crippen LogP contribution < -0.4 is 11.1 Å². The van der Waals surface area contributed by atoms with Crippen molar-refractivity contribution >= 4 is 5.91 Å². The minimum Gasteiger partial charge on any atom is -0.356 e. The molecule has 0 aliphatic heterocycles. The smallest absolute Gasteiger partial charge is 0.221 e. The molecule has 0 unspecified atom stereocenters. The van der Waals surface area contributed by atoms with Gasteiger partial charge in [-0.2, -0.15) is 0 Å². The highest BCUT2D eigenvalue weighted by Crippen LogP contribution is 1.99. The highest BCUT2D eigenvalue weighted by Gasteiger charge is 2.02. The van der Waals surface area contributed by atoms with Crippen molar-refractivity contribution in [2.75, 3.05) is 6.54 Å². The van der Waals surface area contributed by atoms with Gasteiger partial charge >= 0.3 is 0 Å². The molecule has 14 heavy (non-hydrogen) atoms. The van der Waals surface area contributed by atoms with Gasteiger partial charge in [0.25, 0.3) is 0 Å². The minimum atomic E-state index is 0.0594. The third kappa shape index (κ3) is 2.85. The summed E-state index contributed by atoms with van der Waals surface area (Å²) in [5.74, 6) is 0.0594. The molecule has 0 bridgehead atoms. The van der Waals surface area contributed by atoms with E-state index in [9.17, 15) is 4.79 Å². The van der Waals surface area contributed by atoms with E-state index in [0.717, 1.165) is 5.69 Å². The van der Waals surface area contributed by atoms with Gasteiger partial charge in [0.1, 0.15) is 0 Å². The molecule has 0 aromatic carbocycles. The van der Waals surface area contributed by atoms with Gasteiger partial charge in [-0.15, -0.1) is 0 Å². The van der Waals surface area contributed by atoms with Gasteiger partial charge in [0.15, 0.2) is 0 Å². The Morgan fingerprint density at radius 2 is 2.50 bits per heavy atom. The Kier molecular flexibility index (Phi) is 4.12. The number of aryl methyl sites for hydroxylation is 1. The Balaban J connectivity index is 2.41. The van der Waals surface area contributed by atoms with Gasteiger partial charge in [-0.3, -0.25) is 4.79 Å². The maximum Gasteiger partial charge on any atom is 0.221 e. The molecule has 5 heteroatoms. The second-order valence-electron chi connectivity index (χ2n) is 2.99. The molecule has 0 atom stereocenters. The molecule has 78 valence electrons. The molecule has 3 N–H and O–H groups in total. The maximum absolute atomic E-state index is 11.2. The van der Waals surface area contributed by atoms with Gasteiger partial charge in [-0.1, -0.05) is 0 Å². The number of hydrogen-bond acceptors (Lipinski definition) is 3. The summed E-state index contributed by atoms with van der Waals surface area (Å²) >= 11 is 0. The zero-order chi connectivity index (χ0) is 10.4. The van der Waals surface area contributed by atoms with Crippen molar-refractivity contribution in [3.8, 4) is 0 Å². The van der Waals surface area contributed by atoms with Crippen LogP contribution in [0.4, 0.5) is 0 Å². The zero-order valence-electron chi connectivity index (χ0n) is 8.36. The Labute approximate surface area is 83.3 Å². The molecular formula is C9H16N4O. The summed E-state index contributed by atoms with van der Waals surface area (Å²) in [6.07, 6.45) is 3.89. The fourth-order valence-electron chi connectivity index (χ4n) is 1.23. The average molecular weight is 196 g/mol. The normalized spacial score (nSPS) is 10.1. The van der Waals surface area contributed by atoms with E-state index in [1.54, 1.807) is 12.5 Å². The van der Waals surface area contributed by atoms with Gasteiger partial charge in [0, 0.05) is 32.3 Å². The molecule has 1 amide bonds. The number of imidazole rings is 1. The van der Waals surface area contributed by atoms with Crippen molar-refractivity contribution < 1.29 is 4.79 Å². The van der Waals surface area contributed by atoms with Crippen LogP contribution >= 0.6 is 0 Å². The van der Waals surface area contributed by atoms with Crippen LogP contribution in [-0.4, -0.2) is 22.0 Å². The number of rotatable bonds is 5. The summed E-state index contributed by atoms with van der Waals surface area (Å²) in [5, 5.41) is 2.74. The number of nitrogens with zero attached hydrogens (tertiary/aromatic N) is 2. The monoisotopic (exact) mass is 196 g/mol. The van der Waals surface area contributed by atoms with Crippen molar-refractivity contribution in [1.29, 1.82) is 0 Å². The molecule has 1 heterocycles. The summed E-state index contributed by atoms with van der Waals surface area (Å²) in [7, 11) is 0.